The molecule has 0 radical (unpaired) electrons. The number of carbonyl (C=O) groups is 4. The molecule has 0 spiro atoms. The molecular weight excluding hydrogens is 286 g/mol. The minimum absolute atomic E-state index is 0.296. The van der Waals surface area contributed by atoms with Crippen LogP contribution in [0.15, 0.2) is 0 Å². The Labute approximate surface area is 107 Å². The predicted octanol–water partition coefficient (Wildman–Crippen LogP) is -1.77. The summed E-state index contributed by atoms with van der Waals surface area (Å²) in [6, 6.07) is 0. The molecule has 1 fully saturated rings. The summed E-state index contributed by atoms with van der Waals surface area (Å²) in [5.74, 6) is -3.80. The number of hydrogen-bond acceptors (Lipinski definition) is 6. The van der Waals surface area contributed by atoms with Crippen molar-refractivity contribution in [2.75, 3.05) is 0 Å². The predicted molar refractivity (Wildman–Crippen MR) is 57.6 cm³/mol. The molecule has 108 valence electrons. The lowest BCUT2D eigenvalue weighted by Crippen LogP contribution is -2.30. The van der Waals surface area contributed by atoms with Crippen molar-refractivity contribution >= 4 is 33.9 Å². The van der Waals surface area contributed by atoms with Gasteiger partial charge in [0.2, 0.25) is 11.8 Å². The van der Waals surface area contributed by atoms with Gasteiger partial charge in [-0.2, -0.15) is 8.42 Å². The van der Waals surface area contributed by atoms with Gasteiger partial charge >= 0.3 is 11.9 Å². The van der Waals surface area contributed by atoms with Crippen LogP contribution in [0.25, 0.3) is 0 Å². The summed E-state index contributed by atoms with van der Waals surface area (Å²) in [5, 5.41) is 15.9. The van der Waals surface area contributed by atoms with Gasteiger partial charge in [0.05, 0.1) is 19.3 Å². The van der Waals surface area contributed by atoms with Crippen LogP contribution in [0.1, 0.15) is 19.3 Å². The van der Waals surface area contributed by atoms with Gasteiger partial charge in [0.1, 0.15) is 0 Å². The van der Waals surface area contributed by atoms with Gasteiger partial charge in [0.25, 0.3) is 10.1 Å². The van der Waals surface area contributed by atoms with Gasteiger partial charge in [0.15, 0.2) is 5.25 Å². The van der Waals surface area contributed by atoms with E-state index in [1.165, 1.54) is 0 Å². The highest BCUT2D eigenvalue weighted by molar-refractivity contribution is 7.87. The van der Waals surface area contributed by atoms with Crippen molar-refractivity contribution in [1.82, 2.24) is 5.32 Å². The smallest absolute Gasteiger partial charge is 0.303 e. The third-order valence-electron chi connectivity index (χ3n) is 1.84. The van der Waals surface area contributed by atoms with E-state index in [1.807, 2.05) is 0 Å². The van der Waals surface area contributed by atoms with Crippen molar-refractivity contribution in [3.63, 3.8) is 0 Å². The minimum Gasteiger partial charge on any atom is -0.481 e. The number of carbonyl (C=O) groups excluding carboxylic acids is 2. The zero-order valence-electron chi connectivity index (χ0n) is 9.40. The van der Waals surface area contributed by atoms with E-state index in [-0.39, 0.29) is 12.8 Å². The summed E-state index contributed by atoms with van der Waals surface area (Å²) in [6.45, 7) is 0. The Kier molecular flexibility index (Phi) is 6.08. The van der Waals surface area contributed by atoms with Gasteiger partial charge in [-0.15, -0.1) is 0 Å². The SMILES string of the molecule is O=C(O)CCC(=O)O.O=C1CC(S(=O)(=O)O)C(=O)N1. The largest absolute Gasteiger partial charge is 0.481 e. The van der Waals surface area contributed by atoms with Crippen LogP contribution in [-0.4, -0.2) is 52.2 Å². The van der Waals surface area contributed by atoms with Gasteiger partial charge in [0, 0.05) is 0 Å². The number of rotatable bonds is 4. The number of amides is 2. The Morgan fingerprint density at radius 2 is 1.58 bits per heavy atom. The lowest BCUT2D eigenvalue weighted by molar-refractivity contribution is -0.143. The van der Waals surface area contributed by atoms with Crippen LogP contribution in [0.3, 0.4) is 0 Å². The van der Waals surface area contributed by atoms with Crippen molar-refractivity contribution in [3.05, 3.63) is 0 Å². The molecule has 19 heavy (non-hydrogen) atoms. The molecule has 1 unspecified atom stereocenters. The molecule has 1 saturated heterocycles. The second-order valence-corrected chi connectivity index (χ2v) is 5.01. The third kappa shape index (κ3) is 7.10. The topological polar surface area (TPSA) is 175 Å². The van der Waals surface area contributed by atoms with Crippen LogP contribution in [0.4, 0.5) is 0 Å². The summed E-state index contributed by atoms with van der Waals surface area (Å²) >= 11 is 0. The van der Waals surface area contributed by atoms with E-state index in [0.29, 0.717) is 0 Å². The van der Waals surface area contributed by atoms with E-state index < -0.39 is 45.5 Å². The second-order valence-electron chi connectivity index (χ2n) is 3.41. The van der Waals surface area contributed by atoms with E-state index >= 15 is 0 Å². The van der Waals surface area contributed by atoms with E-state index in [9.17, 15) is 27.6 Å². The molecule has 1 rings (SSSR count). The molecule has 1 aliphatic heterocycles. The summed E-state index contributed by atoms with van der Waals surface area (Å²) in [7, 11) is -4.42. The molecule has 1 aliphatic rings. The van der Waals surface area contributed by atoms with Gasteiger partial charge in [-0.3, -0.25) is 29.0 Å². The van der Waals surface area contributed by atoms with Gasteiger partial charge in [-0.25, -0.2) is 0 Å². The van der Waals surface area contributed by atoms with Crippen molar-refractivity contribution in [3.8, 4) is 0 Å². The zero-order chi connectivity index (χ0) is 15.2. The Hall–Kier alpha value is -2.01. The normalized spacial score (nSPS) is 18.3. The van der Waals surface area contributed by atoms with Crippen LogP contribution in [0, 0.1) is 0 Å². The van der Waals surface area contributed by atoms with E-state index in [2.05, 4.69) is 0 Å². The highest BCUT2D eigenvalue weighted by atomic mass is 32.2. The molecule has 4 N–H and O–H groups in total. The van der Waals surface area contributed by atoms with Crippen molar-refractivity contribution < 1.29 is 42.4 Å². The highest BCUT2D eigenvalue weighted by Crippen LogP contribution is 2.09. The summed E-state index contributed by atoms with van der Waals surface area (Å²) in [6.07, 6.45) is -1.08. The number of carboxylic acids is 2. The van der Waals surface area contributed by atoms with Crippen molar-refractivity contribution in [1.29, 1.82) is 0 Å². The number of aliphatic carboxylic acids is 2. The average molecular weight is 297 g/mol. The Bertz CT molecular complexity index is 480. The second kappa shape index (κ2) is 6.80. The quantitative estimate of drug-likeness (QED) is 0.345. The molecule has 1 atom stereocenters. The fourth-order valence-corrected chi connectivity index (χ4v) is 1.68. The van der Waals surface area contributed by atoms with Crippen LogP contribution >= 0.6 is 0 Å². The first kappa shape index (κ1) is 17.0. The fraction of sp³-hybridized carbons (Fsp3) is 0.500. The van der Waals surface area contributed by atoms with Gasteiger partial charge in [-0.05, 0) is 0 Å². The lowest BCUT2D eigenvalue weighted by atomic mass is 10.3. The molecule has 0 aromatic carbocycles. The van der Waals surface area contributed by atoms with Crippen molar-refractivity contribution in [2.45, 2.75) is 24.5 Å². The Morgan fingerprint density at radius 1 is 1.16 bits per heavy atom. The van der Waals surface area contributed by atoms with Crippen LogP contribution in [-0.2, 0) is 29.3 Å². The summed E-state index contributed by atoms with van der Waals surface area (Å²) in [4.78, 5) is 40.2. The number of carboxylic acid groups (broad SMARTS) is 2. The van der Waals surface area contributed by atoms with Crippen LogP contribution in [0.2, 0.25) is 0 Å². The summed E-state index contributed by atoms with van der Waals surface area (Å²) in [5.41, 5.74) is 0. The van der Waals surface area contributed by atoms with E-state index in [0.717, 1.165) is 0 Å². The van der Waals surface area contributed by atoms with Crippen molar-refractivity contribution in [2.24, 2.45) is 0 Å². The zero-order valence-corrected chi connectivity index (χ0v) is 10.2. The third-order valence-corrected chi connectivity index (χ3v) is 2.94. The summed E-state index contributed by atoms with van der Waals surface area (Å²) < 4.78 is 29.0. The minimum atomic E-state index is -4.42. The molecule has 2 amide bonds. The fourth-order valence-electron chi connectivity index (χ4n) is 0.984. The molecule has 11 heteroatoms. The van der Waals surface area contributed by atoms with Gasteiger partial charge < -0.3 is 10.2 Å². The first-order chi connectivity index (χ1) is 8.54. The molecule has 0 saturated carbocycles. The molecule has 0 aromatic heterocycles. The number of nitrogens with one attached hydrogen (secondary N) is 1. The molecule has 0 aromatic rings. The molecule has 1 heterocycles. The number of hydrogen-bond donors (Lipinski definition) is 4. The average Bonchev–Trinajstić information content (AvgIpc) is 2.55. The molecular formula is C8H11NO9S. The number of imide groups is 1. The van der Waals surface area contributed by atoms with E-state index in [4.69, 9.17) is 14.8 Å². The van der Waals surface area contributed by atoms with Crippen LogP contribution < -0.4 is 5.32 Å². The van der Waals surface area contributed by atoms with Crippen LogP contribution in [0.5, 0.6) is 0 Å². The molecule has 0 bridgehead atoms. The first-order valence-corrected chi connectivity index (χ1v) is 6.28. The Morgan fingerprint density at radius 3 is 1.74 bits per heavy atom. The van der Waals surface area contributed by atoms with Gasteiger partial charge in [-0.1, -0.05) is 0 Å². The Balaban J connectivity index is 0.000000362. The molecule has 0 aliphatic carbocycles. The standard InChI is InChI=1S/C4H5NO5S.C4H6O4/c6-3-1-2(4(7)5-3)11(8,9)10;5-3(6)1-2-4(7)8/h2H,1H2,(H,5,6,7)(H,8,9,10);1-2H2,(H,5,6)(H,7,8). The molecule has 10 nitrogen and oxygen atoms in total. The monoisotopic (exact) mass is 297 g/mol. The maximum atomic E-state index is 10.6. The first-order valence-electron chi connectivity index (χ1n) is 4.77. The highest BCUT2D eigenvalue weighted by Gasteiger charge is 2.39. The maximum Gasteiger partial charge on any atom is 0.303 e. The maximum absolute atomic E-state index is 10.6. The van der Waals surface area contributed by atoms with E-state index in [1.54, 1.807) is 5.32 Å². The lowest BCUT2D eigenvalue weighted by Gasteiger charge is -1.98.